The maximum atomic E-state index is 13.2. The molecule has 0 spiro atoms. The molecule has 1 saturated carbocycles. The number of benzene rings is 1. The number of aryl methyl sites for hydroxylation is 1. The Morgan fingerprint density at radius 2 is 2.21 bits per heavy atom. The van der Waals surface area contributed by atoms with Crippen LogP contribution < -0.4 is 5.32 Å². The van der Waals surface area contributed by atoms with Gasteiger partial charge in [-0.25, -0.2) is 9.07 Å². The molecule has 0 aliphatic heterocycles. The van der Waals surface area contributed by atoms with Gasteiger partial charge in [-0.15, -0.1) is 0 Å². The van der Waals surface area contributed by atoms with Crippen molar-refractivity contribution in [3.05, 3.63) is 47.0 Å². The van der Waals surface area contributed by atoms with Crippen LogP contribution in [0.2, 0.25) is 0 Å². The first-order chi connectivity index (χ1) is 9.20. The van der Waals surface area contributed by atoms with Crippen molar-refractivity contribution in [1.29, 1.82) is 0 Å². The van der Waals surface area contributed by atoms with Crippen molar-refractivity contribution in [2.45, 2.75) is 32.2 Å². The van der Waals surface area contributed by atoms with Crippen LogP contribution in [0.25, 0.3) is 5.69 Å². The van der Waals surface area contributed by atoms with Gasteiger partial charge in [0.2, 0.25) is 0 Å². The lowest BCUT2D eigenvalue weighted by molar-refractivity contribution is 0.625. The lowest BCUT2D eigenvalue weighted by Gasteiger charge is -2.11. The molecular weight excluding hydrogens is 241 g/mol. The Morgan fingerprint density at radius 3 is 2.84 bits per heavy atom. The average molecular weight is 259 g/mol. The highest BCUT2D eigenvalue weighted by Gasteiger charge is 2.30. The Morgan fingerprint density at radius 1 is 1.42 bits per heavy atom. The summed E-state index contributed by atoms with van der Waals surface area (Å²) in [6.45, 7) is 2.75. The quantitative estimate of drug-likeness (QED) is 0.915. The molecule has 0 radical (unpaired) electrons. The van der Waals surface area contributed by atoms with E-state index in [-0.39, 0.29) is 5.82 Å². The van der Waals surface area contributed by atoms with Gasteiger partial charge in [0.25, 0.3) is 0 Å². The van der Waals surface area contributed by atoms with Crippen LogP contribution in [0.5, 0.6) is 0 Å². The summed E-state index contributed by atoms with van der Waals surface area (Å²) in [4.78, 5) is 0. The molecule has 100 valence electrons. The number of halogens is 1. The zero-order chi connectivity index (χ0) is 13.4. The zero-order valence-electron chi connectivity index (χ0n) is 11.3. The lowest BCUT2D eigenvalue weighted by Crippen LogP contribution is -2.09. The number of hydrogen-bond donors (Lipinski definition) is 1. The van der Waals surface area contributed by atoms with Crippen molar-refractivity contribution < 1.29 is 4.39 Å². The summed E-state index contributed by atoms with van der Waals surface area (Å²) < 4.78 is 15.2. The second kappa shape index (κ2) is 4.78. The summed E-state index contributed by atoms with van der Waals surface area (Å²) in [6, 6.07) is 4.87. The molecule has 3 nitrogen and oxygen atoms in total. The molecule has 3 rings (SSSR count). The number of nitrogens with one attached hydrogen (secondary N) is 1. The van der Waals surface area contributed by atoms with Crippen molar-refractivity contribution in [1.82, 2.24) is 15.1 Å². The summed E-state index contributed by atoms with van der Waals surface area (Å²) in [5.74, 6) is 0.409. The Labute approximate surface area is 112 Å². The van der Waals surface area contributed by atoms with E-state index in [0.717, 1.165) is 17.8 Å². The smallest absolute Gasteiger partial charge is 0.123 e. The van der Waals surface area contributed by atoms with E-state index in [2.05, 4.69) is 10.4 Å². The molecule has 1 aromatic heterocycles. The predicted molar refractivity (Wildman–Crippen MR) is 73.0 cm³/mol. The van der Waals surface area contributed by atoms with Crippen LogP contribution >= 0.6 is 0 Å². The first-order valence-electron chi connectivity index (χ1n) is 6.68. The molecule has 2 aromatic rings. The van der Waals surface area contributed by atoms with Crippen molar-refractivity contribution in [2.75, 3.05) is 7.05 Å². The van der Waals surface area contributed by atoms with Gasteiger partial charge in [-0.05, 0) is 50.6 Å². The van der Waals surface area contributed by atoms with E-state index >= 15 is 0 Å². The van der Waals surface area contributed by atoms with Crippen LogP contribution in [0.15, 0.2) is 24.4 Å². The van der Waals surface area contributed by atoms with Crippen LogP contribution in [0.4, 0.5) is 4.39 Å². The fraction of sp³-hybridized carbons (Fsp3) is 0.400. The highest BCUT2D eigenvalue weighted by Crippen LogP contribution is 2.42. The number of hydrogen-bond acceptors (Lipinski definition) is 2. The molecule has 0 amide bonds. The fourth-order valence-electron chi connectivity index (χ4n) is 2.56. The van der Waals surface area contributed by atoms with Gasteiger partial charge in [-0.1, -0.05) is 0 Å². The van der Waals surface area contributed by atoms with Gasteiger partial charge in [0.15, 0.2) is 0 Å². The first kappa shape index (κ1) is 12.4. The molecular formula is C15H18FN3. The van der Waals surface area contributed by atoms with Crippen molar-refractivity contribution >= 4 is 0 Å². The van der Waals surface area contributed by atoms with Crippen molar-refractivity contribution in [2.24, 2.45) is 0 Å². The second-order valence-electron chi connectivity index (χ2n) is 5.20. The van der Waals surface area contributed by atoms with Crippen LogP contribution in [0.3, 0.4) is 0 Å². The number of nitrogens with zero attached hydrogens (tertiary/aromatic N) is 2. The Hall–Kier alpha value is -1.68. The first-order valence-corrected chi connectivity index (χ1v) is 6.68. The van der Waals surface area contributed by atoms with Crippen LogP contribution in [-0.2, 0) is 6.54 Å². The molecule has 1 aromatic carbocycles. The van der Waals surface area contributed by atoms with Crippen molar-refractivity contribution in [3.63, 3.8) is 0 Å². The van der Waals surface area contributed by atoms with Gasteiger partial charge < -0.3 is 5.32 Å². The van der Waals surface area contributed by atoms with Crippen molar-refractivity contribution in [3.8, 4) is 5.69 Å². The third-order valence-electron chi connectivity index (χ3n) is 3.60. The molecule has 0 unspecified atom stereocenters. The molecule has 1 N–H and O–H groups in total. The van der Waals surface area contributed by atoms with Crippen LogP contribution in [-0.4, -0.2) is 16.8 Å². The van der Waals surface area contributed by atoms with E-state index in [9.17, 15) is 4.39 Å². The monoisotopic (exact) mass is 259 g/mol. The van der Waals surface area contributed by atoms with E-state index in [1.165, 1.54) is 30.2 Å². The fourth-order valence-corrected chi connectivity index (χ4v) is 2.56. The van der Waals surface area contributed by atoms with Gasteiger partial charge in [0, 0.05) is 18.0 Å². The normalized spacial score (nSPS) is 14.9. The Kier molecular flexibility index (Phi) is 3.11. The average Bonchev–Trinajstić information content (AvgIpc) is 3.12. The maximum absolute atomic E-state index is 13.2. The lowest BCUT2D eigenvalue weighted by atomic mass is 10.1. The highest BCUT2D eigenvalue weighted by atomic mass is 19.1. The number of rotatable bonds is 4. The third-order valence-corrected chi connectivity index (χ3v) is 3.60. The molecule has 1 fully saturated rings. The standard InChI is InChI=1S/C15H18FN3/c1-10-7-13(16)5-6-14(10)19-15(11-3-4-11)12(8-17-2)9-18-19/h5-7,9,11,17H,3-4,8H2,1-2H3. The van der Waals surface area contributed by atoms with Gasteiger partial charge in [0.05, 0.1) is 17.6 Å². The molecule has 4 heteroatoms. The maximum Gasteiger partial charge on any atom is 0.123 e. The molecule has 0 saturated heterocycles. The Balaban J connectivity index is 2.09. The van der Waals surface area contributed by atoms with Crippen LogP contribution in [0.1, 0.15) is 35.6 Å². The topological polar surface area (TPSA) is 29.9 Å². The van der Waals surface area contributed by atoms with E-state index in [0.29, 0.717) is 5.92 Å². The molecule has 19 heavy (non-hydrogen) atoms. The molecule has 0 bridgehead atoms. The SMILES string of the molecule is CNCc1cnn(-c2ccc(F)cc2C)c1C1CC1. The van der Waals surface area contributed by atoms with E-state index < -0.39 is 0 Å². The van der Waals surface area contributed by atoms with E-state index in [1.54, 1.807) is 6.07 Å². The van der Waals surface area contributed by atoms with Crippen LogP contribution in [0, 0.1) is 12.7 Å². The minimum absolute atomic E-state index is 0.197. The summed E-state index contributed by atoms with van der Waals surface area (Å²) in [5, 5.41) is 7.69. The summed E-state index contributed by atoms with van der Waals surface area (Å²) in [6.07, 6.45) is 4.37. The minimum atomic E-state index is -0.197. The largest absolute Gasteiger partial charge is 0.316 e. The van der Waals surface area contributed by atoms with Gasteiger partial charge >= 0.3 is 0 Å². The second-order valence-corrected chi connectivity index (χ2v) is 5.20. The molecule has 1 aliphatic carbocycles. The van der Waals surface area contributed by atoms with E-state index in [1.807, 2.05) is 30.9 Å². The zero-order valence-corrected chi connectivity index (χ0v) is 11.3. The summed E-state index contributed by atoms with van der Waals surface area (Å²) in [5.41, 5.74) is 4.42. The van der Waals surface area contributed by atoms with E-state index in [4.69, 9.17) is 0 Å². The molecule has 0 atom stereocenters. The third kappa shape index (κ3) is 2.28. The summed E-state index contributed by atoms with van der Waals surface area (Å²) >= 11 is 0. The van der Waals surface area contributed by atoms with Gasteiger partial charge in [-0.3, -0.25) is 0 Å². The minimum Gasteiger partial charge on any atom is -0.316 e. The predicted octanol–water partition coefficient (Wildman–Crippen LogP) is 2.92. The molecule has 1 aliphatic rings. The highest BCUT2D eigenvalue weighted by molar-refractivity contribution is 5.43. The number of aromatic nitrogens is 2. The van der Waals surface area contributed by atoms with Gasteiger partial charge in [-0.2, -0.15) is 5.10 Å². The summed E-state index contributed by atoms with van der Waals surface area (Å²) in [7, 11) is 1.94. The van der Waals surface area contributed by atoms with Gasteiger partial charge in [0.1, 0.15) is 5.82 Å². The molecule has 1 heterocycles. The Bertz CT molecular complexity index is 599.